The largest absolute Gasteiger partial charge is 0.288 e. The van der Waals surface area contributed by atoms with Gasteiger partial charge in [-0.05, 0) is 19.4 Å². The lowest BCUT2D eigenvalue weighted by Gasteiger charge is -2.04. The number of hydrogen-bond donors (Lipinski definition) is 0. The highest BCUT2D eigenvalue weighted by molar-refractivity contribution is 5.84. The maximum Gasteiger partial charge on any atom is 0.140 e. The van der Waals surface area contributed by atoms with Crippen molar-refractivity contribution in [2.45, 2.75) is 13.8 Å². The molecular weight excluding hydrogens is 150 g/mol. The smallest absolute Gasteiger partial charge is 0.140 e. The molecule has 0 spiro atoms. The maximum atomic E-state index is 4.17. The van der Waals surface area contributed by atoms with Crippen LogP contribution in [0.15, 0.2) is 24.0 Å². The molecule has 1 aromatic rings. The lowest BCUT2D eigenvalue weighted by molar-refractivity contribution is 1.06. The van der Waals surface area contributed by atoms with Crippen LogP contribution in [-0.2, 0) is 0 Å². The standard InChI is InChI=1S/C9H13N3/c1-7(2)9-11-5-6-12(9)8(3)10-4/h5-6H,1H2,2-4H3/b10-8+. The molecule has 0 amide bonds. The van der Waals surface area contributed by atoms with E-state index in [4.69, 9.17) is 0 Å². The predicted octanol–water partition coefficient (Wildman–Crippen LogP) is 1.81. The molecule has 0 saturated carbocycles. The number of allylic oxidation sites excluding steroid dienone is 1. The molecule has 0 atom stereocenters. The Kier molecular flexibility index (Phi) is 2.43. The fourth-order valence-electron chi connectivity index (χ4n) is 0.988. The first kappa shape index (κ1) is 8.71. The van der Waals surface area contributed by atoms with Gasteiger partial charge in [0.2, 0.25) is 0 Å². The normalized spacial score (nSPS) is 11.8. The molecular formula is C9H13N3. The zero-order valence-corrected chi connectivity index (χ0v) is 7.70. The monoisotopic (exact) mass is 163 g/mol. The van der Waals surface area contributed by atoms with Crippen molar-refractivity contribution < 1.29 is 0 Å². The van der Waals surface area contributed by atoms with Gasteiger partial charge in [-0.3, -0.25) is 9.56 Å². The minimum atomic E-state index is 0.873. The first-order valence-electron chi connectivity index (χ1n) is 3.79. The molecule has 64 valence electrons. The Bertz CT molecular complexity index is 320. The first-order chi connectivity index (χ1) is 5.66. The van der Waals surface area contributed by atoms with E-state index in [2.05, 4.69) is 16.6 Å². The minimum absolute atomic E-state index is 0.873. The number of imidazole rings is 1. The Morgan fingerprint density at radius 1 is 1.58 bits per heavy atom. The van der Waals surface area contributed by atoms with Crippen LogP contribution in [0.25, 0.3) is 5.57 Å². The van der Waals surface area contributed by atoms with Crippen LogP contribution in [0.4, 0.5) is 0 Å². The van der Waals surface area contributed by atoms with E-state index >= 15 is 0 Å². The molecule has 0 aliphatic rings. The Balaban J connectivity index is 3.16. The van der Waals surface area contributed by atoms with Crippen molar-refractivity contribution in [3.8, 4) is 0 Å². The molecule has 3 nitrogen and oxygen atoms in total. The van der Waals surface area contributed by atoms with Crippen molar-refractivity contribution in [3.63, 3.8) is 0 Å². The van der Waals surface area contributed by atoms with Crippen molar-refractivity contribution in [3.05, 3.63) is 24.8 Å². The third-order valence-electron chi connectivity index (χ3n) is 1.69. The van der Waals surface area contributed by atoms with Gasteiger partial charge in [0.15, 0.2) is 0 Å². The van der Waals surface area contributed by atoms with Crippen LogP contribution in [0.1, 0.15) is 19.7 Å². The van der Waals surface area contributed by atoms with E-state index in [1.807, 2.05) is 24.6 Å². The SMILES string of the molecule is C=C(C)c1nccn1/C(C)=N/C. The summed E-state index contributed by atoms with van der Waals surface area (Å²) in [6.45, 7) is 7.71. The molecule has 3 heteroatoms. The summed E-state index contributed by atoms with van der Waals surface area (Å²) in [4.78, 5) is 8.24. The molecule has 0 aliphatic carbocycles. The van der Waals surface area contributed by atoms with Gasteiger partial charge < -0.3 is 0 Å². The Morgan fingerprint density at radius 3 is 2.75 bits per heavy atom. The second kappa shape index (κ2) is 3.34. The van der Waals surface area contributed by atoms with Crippen molar-refractivity contribution in [1.29, 1.82) is 0 Å². The molecule has 0 radical (unpaired) electrons. The van der Waals surface area contributed by atoms with Gasteiger partial charge in [-0.25, -0.2) is 4.98 Å². The summed E-state index contributed by atoms with van der Waals surface area (Å²) in [5.74, 6) is 1.80. The molecule has 12 heavy (non-hydrogen) atoms. The molecule has 0 aliphatic heterocycles. The molecule has 1 aromatic heterocycles. The number of nitrogens with zero attached hydrogens (tertiary/aromatic N) is 3. The summed E-state index contributed by atoms with van der Waals surface area (Å²) in [7, 11) is 1.76. The van der Waals surface area contributed by atoms with Crippen molar-refractivity contribution in [1.82, 2.24) is 9.55 Å². The van der Waals surface area contributed by atoms with Crippen LogP contribution in [-0.4, -0.2) is 22.4 Å². The molecule has 1 rings (SSSR count). The van der Waals surface area contributed by atoms with E-state index in [1.165, 1.54) is 0 Å². The highest BCUT2D eigenvalue weighted by Gasteiger charge is 2.03. The van der Waals surface area contributed by atoms with Gasteiger partial charge in [-0.15, -0.1) is 0 Å². The summed E-state index contributed by atoms with van der Waals surface area (Å²) >= 11 is 0. The highest BCUT2D eigenvalue weighted by atomic mass is 15.1. The lowest BCUT2D eigenvalue weighted by atomic mass is 10.3. The summed E-state index contributed by atoms with van der Waals surface area (Å²) in [5, 5.41) is 0. The summed E-state index contributed by atoms with van der Waals surface area (Å²) in [6.07, 6.45) is 3.63. The predicted molar refractivity (Wildman–Crippen MR) is 51.4 cm³/mol. The molecule has 0 N–H and O–H groups in total. The fourth-order valence-corrected chi connectivity index (χ4v) is 0.988. The maximum absolute atomic E-state index is 4.17. The number of aromatic nitrogens is 2. The minimum Gasteiger partial charge on any atom is -0.288 e. The Labute approximate surface area is 72.5 Å². The Hall–Kier alpha value is -1.38. The lowest BCUT2D eigenvalue weighted by Crippen LogP contribution is -2.09. The van der Waals surface area contributed by atoms with E-state index in [9.17, 15) is 0 Å². The topological polar surface area (TPSA) is 30.2 Å². The van der Waals surface area contributed by atoms with Crippen LogP contribution in [0, 0.1) is 0 Å². The summed E-state index contributed by atoms with van der Waals surface area (Å²) in [5.41, 5.74) is 0.947. The highest BCUT2D eigenvalue weighted by Crippen LogP contribution is 2.08. The third kappa shape index (κ3) is 1.44. The van der Waals surface area contributed by atoms with E-state index in [1.54, 1.807) is 13.2 Å². The zero-order chi connectivity index (χ0) is 9.14. The number of hydrogen-bond acceptors (Lipinski definition) is 2. The van der Waals surface area contributed by atoms with Crippen molar-refractivity contribution in [2.24, 2.45) is 4.99 Å². The van der Waals surface area contributed by atoms with E-state index < -0.39 is 0 Å². The molecule has 0 saturated heterocycles. The average Bonchev–Trinajstić information content (AvgIpc) is 2.50. The van der Waals surface area contributed by atoms with Crippen LogP contribution in [0.5, 0.6) is 0 Å². The molecule has 0 bridgehead atoms. The van der Waals surface area contributed by atoms with Gasteiger partial charge in [-0.2, -0.15) is 0 Å². The second-order valence-corrected chi connectivity index (χ2v) is 2.67. The second-order valence-electron chi connectivity index (χ2n) is 2.67. The van der Waals surface area contributed by atoms with E-state index in [0.29, 0.717) is 0 Å². The zero-order valence-electron chi connectivity index (χ0n) is 7.70. The number of rotatable bonds is 1. The van der Waals surface area contributed by atoms with Gasteiger partial charge in [-0.1, -0.05) is 6.58 Å². The van der Waals surface area contributed by atoms with Gasteiger partial charge >= 0.3 is 0 Å². The van der Waals surface area contributed by atoms with Gasteiger partial charge in [0.1, 0.15) is 11.7 Å². The average molecular weight is 163 g/mol. The van der Waals surface area contributed by atoms with Gasteiger partial charge in [0.25, 0.3) is 0 Å². The first-order valence-corrected chi connectivity index (χ1v) is 3.79. The van der Waals surface area contributed by atoms with Crippen LogP contribution >= 0.6 is 0 Å². The van der Waals surface area contributed by atoms with Crippen LogP contribution in [0.2, 0.25) is 0 Å². The van der Waals surface area contributed by atoms with Crippen molar-refractivity contribution >= 4 is 11.4 Å². The van der Waals surface area contributed by atoms with Crippen LogP contribution in [0.3, 0.4) is 0 Å². The van der Waals surface area contributed by atoms with Gasteiger partial charge in [0, 0.05) is 19.4 Å². The van der Waals surface area contributed by atoms with Crippen LogP contribution < -0.4 is 0 Å². The van der Waals surface area contributed by atoms with E-state index in [0.717, 1.165) is 17.2 Å². The molecule has 1 heterocycles. The molecule has 0 aromatic carbocycles. The quantitative estimate of drug-likeness (QED) is 0.458. The third-order valence-corrected chi connectivity index (χ3v) is 1.69. The summed E-state index contributed by atoms with van der Waals surface area (Å²) < 4.78 is 1.92. The Morgan fingerprint density at radius 2 is 2.25 bits per heavy atom. The van der Waals surface area contributed by atoms with E-state index in [-0.39, 0.29) is 0 Å². The molecule has 0 fully saturated rings. The van der Waals surface area contributed by atoms with Crippen molar-refractivity contribution in [2.75, 3.05) is 7.05 Å². The van der Waals surface area contributed by atoms with Gasteiger partial charge in [0.05, 0.1) is 0 Å². The summed E-state index contributed by atoms with van der Waals surface area (Å²) in [6, 6.07) is 0. The fraction of sp³-hybridized carbons (Fsp3) is 0.333. The molecule has 0 unspecified atom stereocenters. The number of aliphatic imine (C=N–C) groups is 1.